The summed E-state index contributed by atoms with van der Waals surface area (Å²) in [5.74, 6) is -2.27. The Morgan fingerprint density at radius 2 is 1.88 bits per heavy atom. The fourth-order valence-corrected chi connectivity index (χ4v) is 6.25. The van der Waals surface area contributed by atoms with Gasteiger partial charge in [0.05, 0.1) is 30.1 Å². The predicted octanol–water partition coefficient (Wildman–Crippen LogP) is 1.75. The number of ether oxygens (including phenoxy) is 1. The SMILES string of the molecule is CC[C@]12CCC3(O1)C(C(=O)NC(C)(C)C)N([C@H](C)CO)C(=O)[C@@H]3[C@H]2C(=O)NCc1ccccc1. The first-order chi connectivity index (χ1) is 16.0. The smallest absolute Gasteiger partial charge is 0.246 e. The number of amides is 3. The third kappa shape index (κ3) is 3.81. The van der Waals surface area contributed by atoms with E-state index in [1.807, 2.05) is 58.0 Å². The molecule has 8 nitrogen and oxygen atoms in total. The van der Waals surface area contributed by atoms with Crippen LogP contribution in [-0.2, 0) is 25.7 Å². The van der Waals surface area contributed by atoms with Gasteiger partial charge in [-0.1, -0.05) is 37.3 Å². The second-order valence-corrected chi connectivity index (χ2v) is 11.1. The van der Waals surface area contributed by atoms with Crippen LogP contribution in [0, 0.1) is 11.8 Å². The van der Waals surface area contributed by atoms with Gasteiger partial charge in [0.25, 0.3) is 0 Å². The molecule has 3 aliphatic rings. The lowest BCUT2D eigenvalue weighted by Gasteiger charge is -2.37. The molecule has 8 heteroatoms. The van der Waals surface area contributed by atoms with Crippen LogP contribution in [0.3, 0.4) is 0 Å². The van der Waals surface area contributed by atoms with E-state index in [9.17, 15) is 19.5 Å². The molecule has 3 N–H and O–H groups in total. The van der Waals surface area contributed by atoms with Crippen LogP contribution >= 0.6 is 0 Å². The van der Waals surface area contributed by atoms with Crippen LogP contribution in [0.1, 0.15) is 59.4 Å². The van der Waals surface area contributed by atoms with Crippen molar-refractivity contribution in [2.75, 3.05) is 6.61 Å². The number of nitrogens with zero attached hydrogens (tertiary/aromatic N) is 1. The number of aliphatic hydroxyl groups excluding tert-OH is 1. The van der Waals surface area contributed by atoms with Gasteiger partial charge in [-0.15, -0.1) is 0 Å². The molecule has 2 unspecified atom stereocenters. The molecule has 6 atom stereocenters. The van der Waals surface area contributed by atoms with E-state index in [1.165, 1.54) is 4.90 Å². The van der Waals surface area contributed by atoms with E-state index in [4.69, 9.17) is 4.74 Å². The molecule has 1 aromatic carbocycles. The van der Waals surface area contributed by atoms with Gasteiger partial charge in [-0.2, -0.15) is 0 Å². The lowest BCUT2D eigenvalue weighted by molar-refractivity contribution is -0.151. The van der Waals surface area contributed by atoms with Gasteiger partial charge in [0.2, 0.25) is 17.7 Å². The molecule has 186 valence electrons. The first-order valence-corrected chi connectivity index (χ1v) is 12.3. The lowest BCUT2D eigenvalue weighted by Crippen LogP contribution is -2.60. The lowest BCUT2D eigenvalue weighted by atomic mass is 9.65. The molecule has 3 amide bonds. The molecule has 0 aromatic heterocycles. The van der Waals surface area contributed by atoms with Crippen LogP contribution < -0.4 is 10.6 Å². The van der Waals surface area contributed by atoms with Gasteiger partial charge in [0.15, 0.2) is 0 Å². The minimum absolute atomic E-state index is 0.223. The Morgan fingerprint density at radius 1 is 1.21 bits per heavy atom. The summed E-state index contributed by atoms with van der Waals surface area (Å²) < 4.78 is 6.68. The molecular weight excluding hydrogens is 434 g/mol. The van der Waals surface area contributed by atoms with Crippen molar-refractivity contribution in [1.29, 1.82) is 0 Å². The zero-order valence-electron chi connectivity index (χ0n) is 20.8. The number of hydrogen-bond donors (Lipinski definition) is 3. The molecule has 3 aliphatic heterocycles. The molecule has 0 saturated carbocycles. The van der Waals surface area contributed by atoms with Crippen LogP contribution in [0.4, 0.5) is 0 Å². The van der Waals surface area contributed by atoms with Crippen molar-refractivity contribution >= 4 is 17.7 Å². The molecule has 0 radical (unpaired) electrons. The second-order valence-electron chi connectivity index (χ2n) is 11.1. The highest BCUT2D eigenvalue weighted by molar-refractivity contribution is 5.99. The largest absolute Gasteiger partial charge is 0.394 e. The van der Waals surface area contributed by atoms with Crippen molar-refractivity contribution in [1.82, 2.24) is 15.5 Å². The molecule has 2 bridgehead atoms. The summed E-state index contributed by atoms with van der Waals surface area (Å²) >= 11 is 0. The van der Waals surface area contributed by atoms with Gasteiger partial charge >= 0.3 is 0 Å². The second kappa shape index (κ2) is 8.64. The van der Waals surface area contributed by atoms with Crippen molar-refractivity contribution in [3.8, 4) is 0 Å². The van der Waals surface area contributed by atoms with Crippen molar-refractivity contribution in [3.05, 3.63) is 35.9 Å². The fraction of sp³-hybridized carbons (Fsp3) is 0.654. The number of nitrogens with one attached hydrogen (secondary N) is 2. The Kier molecular flexibility index (Phi) is 6.27. The van der Waals surface area contributed by atoms with Crippen LogP contribution in [-0.4, -0.2) is 63.2 Å². The summed E-state index contributed by atoms with van der Waals surface area (Å²) in [7, 11) is 0. The summed E-state index contributed by atoms with van der Waals surface area (Å²) in [5, 5.41) is 15.9. The Balaban J connectivity index is 1.71. The van der Waals surface area contributed by atoms with E-state index in [1.54, 1.807) is 6.92 Å². The van der Waals surface area contributed by atoms with E-state index in [-0.39, 0.29) is 24.3 Å². The summed E-state index contributed by atoms with van der Waals surface area (Å²) in [6.07, 6.45) is 1.71. The van der Waals surface area contributed by atoms with Crippen LogP contribution in [0.15, 0.2) is 30.3 Å². The van der Waals surface area contributed by atoms with E-state index >= 15 is 0 Å². The van der Waals surface area contributed by atoms with Gasteiger partial charge in [-0.3, -0.25) is 14.4 Å². The molecule has 3 saturated heterocycles. The van der Waals surface area contributed by atoms with Gasteiger partial charge in [-0.25, -0.2) is 0 Å². The highest BCUT2D eigenvalue weighted by Crippen LogP contribution is 2.64. The molecule has 3 heterocycles. The number of carbonyl (C=O) groups excluding carboxylic acids is 3. The normalized spacial score (nSPS) is 33.1. The topological polar surface area (TPSA) is 108 Å². The number of aliphatic hydroxyl groups is 1. The molecule has 1 aromatic rings. The maximum Gasteiger partial charge on any atom is 0.246 e. The van der Waals surface area contributed by atoms with E-state index < -0.39 is 40.7 Å². The van der Waals surface area contributed by atoms with Crippen molar-refractivity contribution in [3.63, 3.8) is 0 Å². The number of benzene rings is 1. The Labute approximate surface area is 201 Å². The number of hydrogen-bond acceptors (Lipinski definition) is 5. The van der Waals surface area contributed by atoms with Crippen LogP contribution in [0.5, 0.6) is 0 Å². The minimum atomic E-state index is -1.08. The molecule has 0 aliphatic carbocycles. The van der Waals surface area contributed by atoms with Gasteiger partial charge in [-0.05, 0) is 52.5 Å². The third-order valence-corrected chi connectivity index (χ3v) is 7.70. The molecular formula is C26H37N3O5. The first kappa shape index (κ1) is 24.7. The molecule has 1 spiro atoms. The Bertz CT molecular complexity index is 961. The van der Waals surface area contributed by atoms with Gasteiger partial charge < -0.3 is 25.4 Å². The third-order valence-electron chi connectivity index (χ3n) is 7.70. The monoisotopic (exact) mass is 471 g/mol. The molecule has 4 rings (SSSR count). The number of fused-ring (bicyclic) bond motifs is 1. The van der Waals surface area contributed by atoms with Gasteiger partial charge in [0, 0.05) is 12.1 Å². The van der Waals surface area contributed by atoms with Crippen LogP contribution in [0.2, 0.25) is 0 Å². The van der Waals surface area contributed by atoms with Crippen molar-refractivity contribution < 1.29 is 24.2 Å². The summed E-state index contributed by atoms with van der Waals surface area (Å²) in [6, 6.07) is 8.15. The predicted molar refractivity (Wildman–Crippen MR) is 126 cm³/mol. The average molecular weight is 472 g/mol. The highest BCUT2D eigenvalue weighted by atomic mass is 16.5. The first-order valence-electron chi connectivity index (χ1n) is 12.3. The van der Waals surface area contributed by atoms with Crippen molar-refractivity contribution in [2.24, 2.45) is 11.8 Å². The number of carbonyl (C=O) groups is 3. The van der Waals surface area contributed by atoms with E-state index in [2.05, 4.69) is 10.6 Å². The summed E-state index contributed by atoms with van der Waals surface area (Å²) in [5.41, 5.74) is -1.40. The maximum atomic E-state index is 13.9. The fourth-order valence-electron chi connectivity index (χ4n) is 6.25. The zero-order valence-corrected chi connectivity index (χ0v) is 20.8. The quantitative estimate of drug-likeness (QED) is 0.562. The zero-order chi connectivity index (χ0) is 24.9. The molecule has 34 heavy (non-hydrogen) atoms. The number of likely N-dealkylation sites (tertiary alicyclic amines) is 1. The summed E-state index contributed by atoms with van der Waals surface area (Å²) in [4.78, 5) is 42.5. The maximum absolute atomic E-state index is 13.9. The highest BCUT2D eigenvalue weighted by Gasteiger charge is 2.79. The summed E-state index contributed by atoms with van der Waals surface area (Å²) in [6.45, 7) is 9.43. The van der Waals surface area contributed by atoms with Crippen LogP contribution in [0.25, 0.3) is 0 Å². The van der Waals surface area contributed by atoms with E-state index in [0.29, 0.717) is 25.8 Å². The Hall–Kier alpha value is -2.45. The Morgan fingerprint density at radius 3 is 2.47 bits per heavy atom. The van der Waals surface area contributed by atoms with E-state index in [0.717, 1.165) is 5.56 Å². The standard InChI is InChI=1S/C26H37N3O5/c1-6-25-12-13-26(34-25)19(18(25)21(31)27-14-17-10-8-7-9-11-17)23(33)29(16(2)15-30)20(26)22(32)28-24(3,4)5/h7-11,16,18-20,30H,6,12-15H2,1-5H3,(H,27,31)(H,28,32)/t16-,18+,19+,20?,25-,26?/m1/s1. The average Bonchev–Trinajstić information content (AvgIpc) is 3.40. The minimum Gasteiger partial charge on any atom is -0.394 e. The van der Waals surface area contributed by atoms with Crippen molar-refractivity contribution in [2.45, 2.75) is 89.3 Å². The number of rotatable bonds is 7. The molecule has 3 fully saturated rings. The van der Waals surface area contributed by atoms with Gasteiger partial charge in [0.1, 0.15) is 11.6 Å².